The largest absolute Gasteiger partial charge is 0.468 e. The Balaban J connectivity index is 2.13. The zero-order valence-electron chi connectivity index (χ0n) is 10.3. The molecule has 1 unspecified atom stereocenters. The molecule has 1 N–H and O–H groups in total. The van der Waals surface area contributed by atoms with Crippen molar-refractivity contribution in [3.63, 3.8) is 0 Å². The van der Waals surface area contributed by atoms with Crippen LogP contribution in [0.15, 0.2) is 12.5 Å². The number of carbonyl (C=O) groups is 1. The molecule has 5 heteroatoms. The van der Waals surface area contributed by atoms with Crippen molar-refractivity contribution in [1.29, 1.82) is 0 Å². The topological polar surface area (TPSA) is 56.1 Å². The maximum atomic E-state index is 11.8. The minimum absolute atomic E-state index is 0.250. The van der Waals surface area contributed by atoms with Crippen LogP contribution in [-0.2, 0) is 16.6 Å². The summed E-state index contributed by atoms with van der Waals surface area (Å²) < 4.78 is 6.71. The van der Waals surface area contributed by atoms with Gasteiger partial charge in [-0.15, -0.1) is 0 Å². The summed E-state index contributed by atoms with van der Waals surface area (Å²) in [5.41, 5.74) is 0.851. The molecule has 1 heterocycles. The highest BCUT2D eigenvalue weighted by molar-refractivity contribution is 5.77. The Hall–Kier alpha value is -1.36. The van der Waals surface area contributed by atoms with E-state index in [-0.39, 0.29) is 5.97 Å². The van der Waals surface area contributed by atoms with Crippen LogP contribution in [0.4, 0.5) is 0 Å². The molecule has 0 bridgehead atoms. The lowest BCUT2D eigenvalue weighted by Crippen LogP contribution is -2.37. The van der Waals surface area contributed by atoms with Crippen molar-refractivity contribution in [2.45, 2.75) is 37.8 Å². The number of esters is 1. The summed E-state index contributed by atoms with van der Waals surface area (Å²) in [6.45, 7) is 0. The van der Waals surface area contributed by atoms with Crippen LogP contribution < -0.4 is 5.32 Å². The zero-order valence-corrected chi connectivity index (χ0v) is 10.3. The van der Waals surface area contributed by atoms with Crippen LogP contribution >= 0.6 is 0 Å². The third kappa shape index (κ3) is 2.66. The minimum atomic E-state index is -0.407. The number of imidazole rings is 1. The Morgan fingerprint density at radius 3 is 2.82 bits per heavy atom. The third-order valence-corrected chi connectivity index (χ3v) is 3.34. The van der Waals surface area contributed by atoms with Crippen molar-refractivity contribution in [3.8, 4) is 0 Å². The molecular formula is C12H19N3O2. The number of aryl methyl sites for hydroxylation is 1. The predicted molar refractivity (Wildman–Crippen MR) is 63.4 cm³/mol. The van der Waals surface area contributed by atoms with E-state index < -0.39 is 6.04 Å². The quantitative estimate of drug-likeness (QED) is 0.799. The van der Waals surface area contributed by atoms with E-state index in [4.69, 9.17) is 4.74 Å². The maximum absolute atomic E-state index is 11.8. The van der Waals surface area contributed by atoms with Crippen molar-refractivity contribution in [3.05, 3.63) is 18.2 Å². The van der Waals surface area contributed by atoms with Crippen LogP contribution in [0.3, 0.4) is 0 Å². The SMILES string of the molecule is COC(=O)C(NC1CCCC1)c1cncn1C. The molecule has 0 radical (unpaired) electrons. The molecule has 2 rings (SSSR count). The molecule has 0 amide bonds. The molecule has 1 saturated carbocycles. The summed E-state index contributed by atoms with van der Waals surface area (Å²) >= 11 is 0. The van der Waals surface area contributed by atoms with Gasteiger partial charge in [-0.05, 0) is 12.8 Å². The average molecular weight is 237 g/mol. The first-order valence-corrected chi connectivity index (χ1v) is 6.02. The summed E-state index contributed by atoms with van der Waals surface area (Å²) in [7, 11) is 3.30. The predicted octanol–water partition coefficient (Wildman–Crippen LogP) is 1.17. The van der Waals surface area contributed by atoms with Crippen molar-refractivity contribution in [2.75, 3.05) is 7.11 Å². The summed E-state index contributed by atoms with van der Waals surface area (Å²) in [4.78, 5) is 15.9. The van der Waals surface area contributed by atoms with E-state index in [1.54, 1.807) is 12.5 Å². The van der Waals surface area contributed by atoms with Crippen LogP contribution in [0.5, 0.6) is 0 Å². The second-order valence-electron chi connectivity index (χ2n) is 4.53. The normalized spacial score (nSPS) is 18.2. The van der Waals surface area contributed by atoms with Gasteiger partial charge in [-0.3, -0.25) is 5.32 Å². The highest BCUT2D eigenvalue weighted by Gasteiger charge is 2.28. The molecule has 17 heavy (non-hydrogen) atoms. The lowest BCUT2D eigenvalue weighted by Gasteiger charge is -2.21. The van der Waals surface area contributed by atoms with E-state index >= 15 is 0 Å². The Labute approximate surface area is 101 Å². The fourth-order valence-electron chi connectivity index (χ4n) is 2.37. The van der Waals surface area contributed by atoms with Gasteiger partial charge in [0.25, 0.3) is 0 Å². The highest BCUT2D eigenvalue weighted by atomic mass is 16.5. The number of aromatic nitrogens is 2. The van der Waals surface area contributed by atoms with Crippen molar-refractivity contribution in [2.24, 2.45) is 7.05 Å². The van der Waals surface area contributed by atoms with E-state index in [1.165, 1.54) is 20.0 Å². The first kappa shape index (κ1) is 12.1. The number of hydrogen-bond donors (Lipinski definition) is 1. The monoisotopic (exact) mass is 237 g/mol. The van der Waals surface area contributed by atoms with Crippen LogP contribution in [-0.4, -0.2) is 28.7 Å². The van der Waals surface area contributed by atoms with Gasteiger partial charge in [0.15, 0.2) is 0 Å². The zero-order chi connectivity index (χ0) is 12.3. The van der Waals surface area contributed by atoms with Gasteiger partial charge in [0.05, 0.1) is 25.3 Å². The molecule has 0 aliphatic heterocycles. The van der Waals surface area contributed by atoms with E-state index in [2.05, 4.69) is 10.3 Å². The Kier molecular flexibility index (Phi) is 3.78. The number of hydrogen-bond acceptors (Lipinski definition) is 4. The lowest BCUT2D eigenvalue weighted by molar-refractivity contribution is -0.143. The molecule has 0 aromatic carbocycles. The molecule has 1 fully saturated rings. The first-order valence-electron chi connectivity index (χ1n) is 6.02. The van der Waals surface area contributed by atoms with Gasteiger partial charge in [0.2, 0.25) is 0 Å². The third-order valence-electron chi connectivity index (χ3n) is 3.34. The fraction of sp³-hybridized carbons (Fsp3) is 0.667. The van der Waals surface area contributed by atoms with Crippen LogP contribution in [0, 0.1) is 0 Å². The minimum Gasteiger partial charge on any atom is -0.468 e. The van der Waals surface area contributed by atoms with Gasteiger partial charge < -0.3 is 9.30 Å². The Bertz CT molecular complexity index is 383. The number of carbonyl (C=O) groups excluding carboxylic acids is 1. The second kappa shape index (κ2) is 5.31. The fourth-order valence-corrected chi connectivity index (χ4v) is 2.37. The molecule has 5 nitrogen and oxygen atoms in total. The van der Waals surface area contributed by atoms with Crippen molar-refractivity contribution >= 4 is 5.97 Å². The van der Waals surface area contributed by atoms with E-state index in [9.17, 15) is 4.79 Å². The van der Waals surface area contributed by atoms with Gasteiger partial charge in [-0.1, -0.05) is 12.8 Å². The molecule has 0 saturated heterocycles. The van der Waals surface area contributed by atoms with Crippen LogP contribution in [0.1, 0.15) is 37.4 Å². The van der Waals surface area contributed by atoms with E-state index in [1.807, 2.05) is 11.6 Å². The summed E-state index contributed by atoms with van der Waals surface area (Å²) in [6, 6.07) is 0.00426. The number of rotatable bonds is 4. The second-order valence-corrected chi connectivity index (χ2v) is 4.53. The van der Waals surface area contributed by atoms with Crippen molar-refractivity contribution in [1.82, 2.24) is 14.9 Å². The van der Waals surface area contributed by atoms with Gasteiger partial charge in [-0.2, -0.15) is 0 Å². The van der Waals surface area contributed by atoms with Crippen molar-refractivity contribution < 1.29 is 9.53 Å². The number of nitrogens with zero attached hydrogens (tertiary/aromatic N) is 2. The molecule has 1 aromatic rings. The Morgan fingerprint density at radius 2 is 2.29 bits per heavy atom. The van der Waals surface area contributed by atoms with Gasteiger partial charge in [0, 0.05) is 13.1 Å². The lowest BCUT2D eigenvalue weighted by atomic mass is 10.1. The number of ether oxygens (including phenoxy) is 1. The molecule has 1 aliphatic carbocycles. The molecule has 1 atom stereocenters. The van der Waals surface area contributed by atoms with Gasteiger partial charge in [-0.25, -0.2) is 9.78 Å². The van der Waals surface area contributed by atoms with Crippen LogP contribution in [0.25, 0.3) is 0 Å². The number of nitrogens with one attached hydrogen (secondary N) is 1. The van der Waals surface area contributed by atoms with E-state index in [0.29, 0.717) is 6.04 Å². The summed E-state index contributed by atoms with van der Waals surface area (Å²) in [5, 5.41) is 3.37. The Morgan fingerprint density at radius 1 is 1.59 bits per heavy atom. The molecular weight excluding hydrogens is 218 g/mol. The molecule has 1 aromatic heterocycles. The number of methoxy groups -OCH3 is 1. The summed E-state index contributed by atoms with van der Waals surface area (Å²) in [5.74, 6) is -0.250. The smallest absolute Gasteiger partial charge is 0.329 e. The molecule has 0 spiro atoms. The average Bonchev–Trinajstić information content (AvgIpc) is 2.96. The van der Waals surface area contributed by atoms with E-state index in [0.717, 1.165) is 18.5 Å². The standard InChI is InChI=1S/C12H19N3O2/c1-15-8-13-7-10(15)11(12(16)17-2)14-9-5-3-4-6-9/h7-9,11,14H,3-6H2,1-2H3. The van der Waals surface area contributed by atoms with Gasteiger partial charge >= 0.3 is 5.97 Å². The maximum Gasteiger partial charge on any atom is 0.329 e. The summed E-state index contributed by atoms with van der Waals surface area (Å²) in [6.07, 6.45) is 8.13. The first-order chi connectivity index (χ1) is 8.22. The van der Waals surface area contributed by atoms with Crippen LogP contribution in [0.2, 0.25) is 0 Å². The highest BCUT2D eigenvalue weighted by Crippen LogP contribution is 2.22. The molecule has 1 aliphatic rings. The van der Waals surface area contributed by atoms with Gasteiger partial charge in [0.1, 0.15) is 6.04 Å². The molecule has 94 valence electrons.